The Balaban J connectivity index is 3.98. The summed E-state index contributed by atoms with van der Waals surface area (Å²) in [4.78, 5) is 34.4. The molecule has 0 aromatic rings. The molecule has 0 amide bonds. The van der Waals surface area contributed by atoms with E-state index in [1.165, 1.54) is 64.2 Å². The molecule has 0 aromatic carbocycles. The van der Waals surface area contributed by atoms with E-state index in [9.17, 15) is 29.3 Å². The Morgan fingerprint density at radius 2 is 0.887 bits per heavy atom. The monoisotopic (exact) mass is 771 g/mol. The topological polar surface area (TPSA) is 149 Å². The van der Waals surface area contributed by atoms with Crippen LogP contribution in [0.4, 0.5) is 0 Å². The number of aliphatic hydroxyl groups is 2. The second kappa shape index (κ2) is 38.2. The van der Waals surface area contributed by atoms with Gasteiger partial charge in [-0.25, -0.2) is 4.57 Å². The quantitative estimate of drug-likeness (QED) is 0.0240. The molecule has 0 rings (SSSR count). The fourth-order valence-corrected chi connectivity index (χ4v) is 6.14. The summed E-state index contributed by atoms with van der Waals surface area (Å²) in [6, 6.07) is 0. The van der Waals surface area contributed by atoms with Gasteiger partial charge in [0.05, 0.1) is 26.4 Å². The maximum absolute atomic E-state index is 12.3. The van der Waals surface area contributed by atoms with Crippen LogP contribution < -0.4 is 0 Å². The van der Waals surface area contributed by atoms with Gasteiger partial charge in [0, 0.05) is 12.8 Å². The molecule has 0 aliphatic carbocycles. The Kier molecular flexibility index (Phi) is 36.7. The van der Waals surface area contributed by atoms with E-state index in [4.69, 9.17) is 18.5 Å². The molecule has 0 saturated heterocycles. The van der Waals surface area contributed by atoms with Crippen molar-refractivity contribution in [2.24, 2.45) is 0 Å². The van der Waals surface area contributed by atoms with Gasteiger partial charge in [-0.3, -0.25) is 18.6 Å². The summed E-state index contributed by atoms with van der Waals surface area (Å²) < 4.78 is 32.5. The Hall–Kier alpha value is -2.07. The molecular weight excluding hydrogens is 695 g/mol. The molecule has 10 nitrogen and oxygen atoms in total. The first-order chi connectivity index (χ1) is 25.8. The smallest absolute Gasteiger partial charge is 0.457 e. The molecular formula is C42H75O10P. The lowest BCUT2D eigenvalue weighted by Crippen LogP contribution is -2.28. The van der Waals surface area contributed by atoms with Crippen molar-refractivity contribution in [3.05, 3.63) is 48.6 Å². The van der Waals surface area contributed by atoms with Crippen LogP contribution in [-0.2, 0) is 32.7 Å². The minimum atomic E-state index is -4.64. The standard InChI is InChI=1S/C42H75O10P/c1-3-5-7-9-11-13-15-17-18-19-20-22-24-26-28-30-32-34-42(46)52-40(36-44)38-50-53(47,48)49-37-39(35-43)51-41(45)33-31-29-27-25-23-21-16-14-12-10-8-6-4-2/h6,8,12,14,17-18,21,23,39-40,43-44H,3-5,7,9-11,13,15-16,19-20,22,24-38H2,1-2H3,(H,47,48)/b8-6-,14-12-,18-17-,23-21-. The lowest BCUT2D eigenvalue weighted by molar-refractivity contribution is -0.153. The normalized spacial score (nSPS) is 14.4. The summed E-state index contributed by atoms with van der Waals surface area (Å²) >= 11 is 0. The first-order valence-corrected chi connectivity index (χ1v) is 22.1. The molecule has 3 N–H and O–H groups in total. The van der Waals surface area contributed by atoms with E-state index in [-0.39, 0.29) is 12.8 Å². The van der Waals surface area contributed by atoms with E-state index >= 15 is 0 Å². The number of unbranched alkanes of at least 4 members (excludes halogenated alkanes) is 16. The van der Waals surface area contributed by atoms with E-state index in [1.807, 2.05) is 0 Å². The maximum atomic E-state index is 12.3. The molecule has 0 saturated carbocycles. The highest BCUT2D eigenvalue weighted by Gasteiger charge is 2.27. The highest BCUT2D eigenvalue weighted by molar-refractivity contribution is 7.47. The number of rotatable bonds is 38. The third kappa shape index (κ3) is 36.7. The summed E-state index contributed by atoms with van der Waals surface area (Å²) in [6.07, 6.45) is 39.5. The average molecular weight is 771 g/mol. The van der Waals surface area contributed by atoms with E-state index in [1.54, 1.807) is 0 Å². The Morgan fingerprint density at radius 1 is 0.528 bits per heavy atom. The van der Waals surface area contributed by atoms with Crippen LogP contribution in [-0.4, -0.2) is 65.7 Å². The summed E-state index contributed by atoms with van der Waals surface area (Å²) in [6.45, 7) is 2.04. The first-order valence-electron chi connectivity index (χ1n) is 20.6. The van der Waals surface area contributed by atoms with Gasteiger partial charge in [-0.2, -0.15) is 0 Å². The number of esters is 2. The second-order valence-corrected chi connectivity index (χ2v) is 15.0. The number of allylic oxidation sites excluding steroid dienone is 8. The van der Waals surface area contributed by atoms with Crippen molar-refractivity contribution < 1.29 is 47.8 Å². The lowest BCUT2D eigenvalue weighted by Gasteiger charge is -2.20. The van der Waals surface area contributed by atoms with Crippen molar-refractivity contribution >= 4 is 19.8 Å². The third-order valence-corrected chi connectivity index (χ3v) is 9.48. The van der Waals surface area contributed by atoms with Crippen LogP contribution in [0.2, 0.25) is 0 Å². The highest BCUT2D eigenvalue weighted by atomic mass is 31.2. The van der Waals surface area contributed by atoms with Gasteiger partial charge in [-0.15, -0.1) is 0 Å². The minimum absolute atomic E-state index is 0.155. The molecule has 11 heteroatoms. The highest BCUT2D eigenvalue weighted by Crippen LogP contribution is 2.43. The zero-order chi connectivity index (χ0) is 39.1. The SMILES string of the molecule is CC/C=C\C/C=C\C/C=C\CCCCCC(=O)OC(CO)COP(=O)(O)OCC(CO)OC(=O)CCCCCCCCC/C=C\CCCCCCCC. The largest absolute Gasteiger partial charge is 0.472 e. The lowest BCUT2D eigenvalue weighted by atomic mass is 10.1. The Morgan fingerprint density at radius 3 is 1.32 bits per heavy atom. The van der Waals surface area contributed by atoms with Gasteiger partial charge in [0.2, 0.25) is 0 Å². The van der Waals surface area contributed by atoms with E-state index in [2.05, 4.69) is 62.5 Å². The van der Waals surface area contributed by atoms with Gasteiger partial charge in [0.15, 0.2) is 0 Å². The third-order valence-electron chi connectivity index (χ3n) is 8.53. The van der Waals surface area contributed by atoms with Crippen molar-refractivity contribution in [3.63, 3.8) is 0 Å². The zero-order valence-electron chi connectivity index (χ0n) is 33.2. The van der Waals surface area contributed by atoms with E-state index in [0.29, 0.717) is 12.8 Å². The molecule has 0 fully saturated rings. The van der Waals surface area contributed by atoms with Gasteiger partial charge in [0.1, 0.15) is 12.2 Å². The van der Waals surface area contributed by atoms with Crippen LogP contribution in [0.5, 0.6) is 0 Å². The summed E-state index contributed by atoms with van der Waals surface area (Å²) in [5.41, 5.74) is 0. The number of carbonyl (C=O) groups excluding carboxylic acids is 2. The predicted molar refractivity (Wildman–Crippen MR) is 214 cm³/mol. The Bertz CT molecular complexity index is 1030. The number of phosphoric ester groups is 1. The summed E-state index contributed by atoms with van der Waals surface area (Å²) in [7, 11) is -4.64. The predicted octanol–water partition coefficient (Wildman–Crippen LogP) is 10.6. The van der Waals surface area contributed by atoms with E-state index in [0.717, 1.165) is 64.2 Å². The molecule has 0 aromatic heterocycles. The van der Waals surface area contributed by atoms with Crippen molar-refractivity contribution in [1.29, 1.82) is 0 Å². The van der Waals surface area contributed by atoms with Crippen molar-refractivity contribution in [2.75, 3.05) is 26.4 Å². The van der Waals surface area contributed by atoms with Gasteiger partial charge < -0.3 is 24.6 Å². The summed E-state index contributed by atoms with van der Waals surface area (Å²) in [5, 5.41) is 19.1. The number of phosphoric acid groups is 1. The number of carbonyl (C=O) groups is 2. The fraction of sp³-hybridized carbons (Fsp3) is 0.762. The summed E-state index contributed by atoms with van der Waals surface area (Å²) in [5.74, 6) is -1.06. The van der Waals surface area contributed by atoms with Crippen molar-refractivity contribution in [1.82, 2.24) is 0 Å². The molecule has 0 aliphatic rings. The number of hydrogen-bond acceptors (Lipinski definition) is 9. The maximum Gasteiger partial charge on any atom is 0.472 e. The molecule has 308 valence electrons. The molecule has 0 bridgehead atoms. The average Bonchev–Trinajstić information content (AvgIpc) is 3.14. The molecule has 3 unspecified atom stereocenters. The van der Waals surface area contributed by atoms with Gasteiger partial charge in [-0.1, -0.05) is 133 Å². The fourth-order valence-electron chi connectivity index (χ4n) is 5.36. The van der Waals surface area contributed by atoms with Gasteiger partial charge in [-0.05, 0) is 70.6 Å². The number of ether oxygens (including phenoxy) is 2. The molecule has 0 aliphatic heterocycles. The molecule has 0 spiro atoms. The molecule has 3 atom stereocenters. The second-order valence-electron chi connectivity index (χ2n) is 13.6. The van der Waals surface area contributed by atoms with Crippen LogP contribution in [0.25, 0.3) is 0 Å². The molecule has 0 heterocycles. The van der Waals surface area contributed by atoms with Crippen LogP contribution >= 0.6 is 7.82 Å². The van der Waals surface area contributed by atoms with Crippen LogP contribution in [0.3, 0.4) is 0 Å². The zero-order valence-corrected chi connectivity index (χ0v) is 34.1. The number of aliphatic hydroxyl groups excluding tert-OH is 2. The van der Waals surface area contributed by atoms with Gasteiger partial charge >= 0.3 is 19.8 Å². The molecule has 0 radical (unpaired) electrons. The first kappa shape index (κ1) is 50.9. The molecule has 53 heavy (non-hydrogen) atoms. The van der Waals surface area contributed by atoms with Gasteiger partial charge in [0.25, 0.3) is 0 Å². The van der Waals surface area contributed by atoms with Crippen LogP contribution in [0.15, 0.2) is 48.6 Å². The minimum Gasteiger partial charge on any atom is -0.457 e. The van der Waals surface area contributed by atoms with Crippen molar-refractivity contribution in [2.45, 2.75) is 180 Å². The van der Waals surface area contributed by atoms with Crippen LogP contribution in [0, 0.1) is 0 Å². The van der Waals surface area contributed by atoms with Crippen molar-refractivity contribution in [3.8, 4) is 0 Å². The van der Waals surface area contributed by atoms with E-state index < -0.39 is 58.4 Å². The van der Waals surface area contributed by atoms with Crippen LogP contribution in [0.1, 0.15) is 168 Å². The Labute approximate surface area is 322 Å². The number of hydrogen-bond donors (Lipinski definition) is 3.